The van der Waals surface area contributed by atoms with E-state index < -0.39 is 58.4 Å². The van der Waals surface area contributed by atoms with Crippen molar-refractivity contribution in [2.75, 3.05) is 24.9 Å². The molecule has 1 aromatic heterocycles. The summed E-state index contributed by atoms with van der Waals surface area (Å²) in [5.41, 5.74) is -0.418. The Labute approximate surface area is 212 Å². The van der Waals surface area contributed by atoms with Gasteiger partial charge in [0.25, 0.3) is 11.8 Å². The molecule has 2 atom stereocenters. The van der Waals surface area contributed by atoms with Gasteiger partial charge in [0.15, 0.2) is 10.8 Å². The molecule has 2 unspecified atom stereocenters. The molecule has 1 aliphatic heterocycles. The molecule has 3 N–H and O–H groups in total. The predicted octanol–water partition coefficient (Wildman–Crippen LogP) is -1.92. The Kier molecular flexibility index (Phi) is 10.5. The van der Waals surface area contributed by atoms with Crippen LogP contribution in [0.4, 0.5) is 5.13 Å². The number of thiazole rings is 1. The van der Waals surface area contributed by atoms with Crippen LogP contribution in [0.1, 0.15) is 12.6 Å². The van der Waals surface area contributed by atoms with Crippen LogP contribution in [0.3, 0.4) is 0 Å². The summed E-state index contributed by atoms with van der Waals surface area (Å²) in [5.74, 6) is -3.75. The van der Waals surface area contributed by atoms with E-state index in [2.05, 4.69) is 25.6 Å². The molecule has 2 heterocycles. The van der Waals surface area contributed by atoms with Gasteiger partial charge in [-0.1, -0.05) is 5.16 Å². The first-order valence-corrected chi connectivity index (χ1v) is 11.0. The number of anilines is 1. The zero-order chi connectivity index (χ0) is 23.3. The summed E-state index contributed by atoms with van der Waals surface area (Å²) in [7, 11) is -3.80. The van der Waals surface area contributed by atoms with Crippen LogP contribution < -0.4 is 10.6 Å². The summed E-state index contributed by atoms with van der Waals surface area (Å²) >= 11 is 6.35. The third-order valence-corrected chi connectivity index (χ3v) is 5.62. The number of carbonyl (C=O) groups excluding carboxylic acids is 4. The Hall–Kier alpha value is -1.82. The number of halogens is 1. The standard InChI is InChI=1S/C14H16ClN5O9S2.Na.H/c1-6(21)29-4-8-11(13(24)20(8)31(25,26)27)18-12(23)10(19-28-2)7-5-30-14(16-7)17-9(22)3-15;;/h5,8,11H,3-4H2,1-2H3,(H,18,23)(H,16,17,22)(H,25,26,27);;/b19-10-;;. The molecule has 0 radical (unpaired) electrons. The van der Waals surface area contributed by atoms with Crippen LogP contribution in [-0.4, -0.2) is 113 Å². The molecule has 0 saturated carbocycles. The van der Waals surface area contributed by atoms with Gasteiger partial charge in [0.2, 0.25) is 5.91 Å². The quantitative estimate of drug-likeness (QED) is 0.0627. The Morgan fingerprint density at radius 1 is 1.41 bits per heavy atom. The van der Waals surface area contributed by atoms with Crippen LogP contribution in [-0.2, 0) is 39.1 Å². The van der Waals surface area contributed by atoms with Crippen LogP contribution in [0.5, 0.6) is 0 Å². The summed E-state index contributed by atoms with van der Waals surface area (Å²) in [6.07, 6.45) is 0. The average Bonchev–Trinajstić information content (AvgIpc) is 3.13. The zero-order valence-corrected chi connectivity index (χ0v) is 18.3. The number of ether oxygens (including phenoxy) is 1. The van der Waals surface area contributed by atoms with Gasteiger partial charge >= 0.3 is 45.8 Å². The van der Waals surface area contributed by atoms with Crippen molar-refractivity contribution in [3.05, 3.63) is 11.1 Å². The van der Waals surface area contributed by atoms with Crippen molar-refractivity contribution in [1.29, 1.82) is 0 Å². The number of esters is 1. The van der Waals surface area contributed by atoms with E-state index in [9.17, 15) is 32.1 Å². The fraction of sp³-hybridized carbons (Fsp3) is 0.429. The maximum absolute atomic E-state index is 12.7. The van der Waals surface area contributed by atoms with Crippen molar-refractivity contribution in [2.24, 2.45) is 5.16 Å². The van der Waals surface area contributed by atoms with Crippen molar-refractivity contribution in [1.82, 2.24) is 14.6 Å². The molecule has 172 valence electrons. The summed E-state index contributed by atoms with van der Waals surface area (Å²) in [4.78, 5) is 55.8. The number of oxime groups is 1. The fourth-order valence-electron chi connectivity index (χ4n) is 2.43. The van der Waals surface area contributed by atoms with Gasteiger partial charge in [-0.25, -0.2) is 9.29 Å². The first-order valence-electron chi connectivity index (χ1n) is 8.17. The van der Waals surface area contributed by atoms with Gasteiger partial charge in [-0.3, -0.25) is 23.7 Å². The van der Waals surface area contributed by atoms with Crippen molar-refractivity contribution in [3.8, 4) is 0 Å². The van der Waals surface area contributed by atoms with Crippen molar-refractivity contribution < 1.29 is 41.7 Å². The number of hydrogen-bond acceptors (Lipinski definition) is 11. The second kappa shape index (κ2) is 11.9. The average molecular weight is 522 g/mol. The minimum atomic E-state index is -4.95. The van der Waals surface area contributed by atoms with E-state index in [1.165, 1.54) is 5.38 Å². The monoisotopic (exact) mass is 521 g/mol. The van der Waals surface area contributed by atoms with E-state index in [0.717, 1.165) is 25.4 Å². The number of nitrogens with one attached hydrogen (secondary N) is 2. The molecule has 0 aromatic carbocycles. The molecule has 1 aromatic rings. The summed E-state index contributed by atoms with van der Waals surface area (Å²) in [5, 5.41) is 9.64. The van der Waals surface area contributed by atoms with E-state index in [1.807, 2.05) is 0 Å². The number of amides is 3. The molecule has 1 aliphatic rings. The minimum absolute atomic E-state index is 0. The summed E-state index contributed by atoms with van der Waals surface area (Å²) in [6.45, 7) is 0.450. The van der Waals surface area contributed by atoms with Gasteiger partial charge in [0.1, 0.15) is 37.4 Å². The molecule has 3 amide bonds. The van der Waals surface area contributed by atoms with Crippen molar-refractivity contribution in [3.63, 3.8) is 0 Å². The number of nitrogens with zero attached hydrogens (tertiary/aromatic N) is 3. The molecule has 0 bridgehead atoms. The van der Waals surface area contributed by atoms with Crippen LogP contribution >= 0.6 is 22.9 Å². The second-order valence-corrected chi connectivity index (χ2v) is 8.19. The van der Waals surface area contributed by atoms with Crippen LogP contribution in [0.15, 0.2) is 10.5 Å². The van der Waals surface area contributed by atoms with Crippen LogP contribution in [0.25, 0.3) is 0 Å². The number of β-lactam (4-membered cyclic amide) rings is 1. The SMILES string of the molecule is CO/N=C(\C(=O)NC1C(=O)N(S(=O)(=O)O)C1COC(C)=O)c1csc(NC(=O)CCl)n1.[NaH]. The molecule has 0 spiro atoms. The van der Waals surface area contributed by atoms with E-state index in [0.29, 0.717) is 0 Å². The first-order chi connectivity index (χ1) is 14.5. The van der Waals surface area contributed by atoms with Crippen molar-refractivity contribution in [2.45, 2.75) is 19.0 Å². The maximum atomic E-state index is 12.7. The van der Waals surface area contributed by atoms with Gasteiger partial charge in [0, 0.05) is 12.3 Å². The summed E-state index contributed by atoms with van der Waals surface area (Å²) < 4.78 is 36.8. The Morgan fingerprint density at radius 2 is 2.06 bits per heavy atom. The van der Waals surface area contributed by atoms with Crippen molar-refractivity contribution >= 4 is 97.3 Å². The number of hydrogen-bond donors (Lipinski definition) is 3. The number of rotatable bonds is 9. The third kappa shape index (κ3) is 6.84. The van der Waals surface area contributed by atoms with Crippen LogP contribution in [0.2, 0.25) is 0 Å². The van der Waals surface area contributed by atoms with E-state index in [1.54, 1.807) is 0 Å². The molecule has 32 heavy (non-hydrogen) atoms. The van der Waals surface area contributed by atoms with Gasteiger partial charge in [-0.05, 0) is 0 Å². The number of carbonyl (C=O) groups is 4. The van der Waals surface area contributed by atoms with Gasteiger partial charge in [-0.2, -0.15) is 8.42 Å². The Bertz CT molecular complexity index is 1030. The molecule has 2 rings (SSSR count). The van der Waals surface area contributed by atoms with E-state index in [4.69, 9.17) is 16.3 Å². The number of aromatic nitrogens is 1. The predicted molar refractivity (Wildman–Crippen MR) is 113 cm³/mol. The zero-order valence-electron chi connectivity index (χ0n) is 15.9. The molecular formula is C14H17ClN5NaO9S2. The van der Waals surface area contributed by atoms with Gasteiger partial charge < -0.3 is 20.2 Å². The molecule has 0 aliphatic carbocycles. The normalized spacial score (nSPS) is 18.2. The third-order valence-electron chi connectivity index (χ3n) is 3.67. The molecular weight excluding hydrogens is 505 g/mol. The van der Waals surface area contributed by atoms with Gasteiger partial charge in [-0.15, -0.1) is 22.9 Å². The second-order valence-electron chi connectivity index (χ2n) is 5.78. The van der Waals surface area contributed by atoms with Gasteiger partial charge in [0.05, 0.1) is 0 Å². The fourth-order valence-corrected chi connectivity index (χ4v) is 4.07. The number of alkyl halides is 1. The summed E-state index contributed by atoms with van der Waals surface area (Å²) in [6, 6.07) is -2.84. The Balaban J connectivity index is 0.00000512. The Morgan fingerprint density at radius 3 is 2.59 bits per heavy atom. The molecule has 1 fully saturated rings. The molecule has 1 saturated heterocycles. The first kappa shape index (κ1) is 28.2. The molecule has 14 nitrogen and oxygen atoms in total. The topological polar surface area (TPSA) is 194 Å². The van der Waals surface area contributed by atoms with Crippen LogP contribution in [0, 0.1) is 0 Å². The van der Waals surface area contributed by atoms with E-state index >= 15 is 0 Å². The van der Waals surface area contributed by atoms with E-state index in [-0.39, 0.29) is 50.6 Å². The molecule has 18 heteroatoms.